The van der Waals surface area contributed by atoms with Crippen molar-refractivity contribution in [1.82, 2.24) is 15.6 Å². The summed E-state index contributed by atoms with van der Waals surface area (Å²) in [6, 6.07) is 5.74. The normalized spacial score (nSPS) is 18.1. The monoisotopic (exact) mass is 575 g/mol. The molecule has 0 radical (unpaired) electrons. The van der Waals surface area contributed by atoms with Crippen molar-refractivity contribution in [1.29, 1.82) is 0 Å². The number of hydrogen-bond acceptors (Lipinski definition) is 4. The van der Waals surface area contributed by atoms with Crippen LogP contribution in [0.3, 0.4) is 0 Å². The van der Waals surface area contributed by atoms with Crippen LogP contribution in [-0.4, -0.2) is 48.8 Å². The number of alkyl halides is 6. The van der Waals surface area contributed by atoms with Gasteiger partial charge < -0.3 is 15.4 Å². The number of nitrogens with one attached hydrogen (secondary N) is 2. The highest BCUT2D eigenvalue weighted by molar-refractivity contribution is 6.34. The Kier molecular flexibility index (Phi) is 8.13. The number of carbonyl (C=O) groups is 2. The fourth-order valence-corrected chi connectivity index (χ4v) is 4.00. The molecule has 1 unspecified atom stereocenters. The molecule has 36 heavy (non-hydrogen) atoms. The highest BCUT2D eigenvalue weighted by atomic mass is 35.5. The molecule has 1 atom stereocenters. The summed E-state index contributed by atoms with van der Waals surface area (Å²) >= 11 is 17.8. The molecule has 0 fully saturated rings. The van der Waals surface area contributed by atoms with E-state index < -0.39 is 54.6 Å². The quantitative estimate of drug-likeness (QED) is 0.360. The molecule has 0 saturated heterocycles. The predicted molar refractivity (Wildman–Crippen MR) is 119 cm³/mol. The molecule has 0 spiro atoms. The van der Waals surface area contributed by atoms with E-state index >= 15 is 0 Å². The van der Waals surface area contributed by atoms with Crippen LogP contribution in [-0.2, 0) is 15.1 Å². The molecule has 1 aromatic heterocycles. The van der Waals surface area contributed by atoms with E-state index in [9.17, 15) is 35.9 Å². The van der Waals surface area contributed by atoms with Crippen LogP contribution in [0.15, 0.2) is 36.4 Å². The van der Waals surface area contributed by atoms with E-state index in [4.69, 9.17) is 39.5 Å². The SMILES string of the molecule is O=C(CNC(=O)c1ccc(C2=CC(c3cc(Cl)cc(Cl)c3)(C(F)(F)F)OC2)nc1Cl)NCC(F)(F)F. The Bertz CT molecular complexity index is 1200. The summed E-state index contributed by atoms with van der Waals surface area (Å²) in [5, 5.41) is 3.16. The highest BCUT2D eigenvalue weighted by Crippen LogP contribution is 2.49. The molecule has 15 heteroatoms. The zero-order valence-corrected chi connectivity index (χ0v) is 19.9. The third-order valence-electron chi connectivity index (χ3n) is 4.86. The number of nitrogens with zero attached hydrogens (tertiary/aromatic N) is 1. The van der Waals surface area contributed by atoms with Crippen molar-refractivity contribution in [2.75, 3.05) is 19.7 Å². The summed E-state index contributed by atoms with van der Waals surface area (Å²) in [6.45, 7) is -2.86. The molecule has 2 N–H and O–H groups in total. The van der Waals surface area contributed by atoms with Gasteiger partial charge in [-0.2, -0.15) is 26.3 Å². The number of rotatable bonds is 6. The predicted octanol–water partition coefficient (Wildman–Crippen LogP) is 5.32. The van der Waals surface area contributed by atoms with Crippen LogP contribution < -0.4 is 10.6 Å². The molecule has 1 aromatic carbocycles. The van der Waals surface area contributed by atoms with Gasteiger partial charge in [0.25, 0.3) is 5.91 Å². The Morgan fingerprint density at radius 2 is 1.64 bits per heavy atom. The van der Waals surface area contributed by atoms with Gasteiger partial charge in [0, 0.05) is 15.6 Å². The van der Waals surface area contributed by atoms with Gasteiger partial charge in [-0.15, -0.1) is 0 Å². The first kappa shape index (κ1) is 28.0. The number of ether oxygens (including phenoxy) is 1. The van der Waals surface area contributed by atoms with Gasteiger partial charge in [0.05, 0.1) is 24.4 Å². The van der Waals surface area contributed by atoms with Crippen LogP contribution in [0.2, 0.25) is 15.2 Å². The molecule has 1 aliphatic rings. The largest absolute Gasteiger partial charge is 0.425 e. The Morgan fingerprint density at radius 1 is 1.00 bits per heavy atom. The van der Waals surface area contributed by atoms with E-state index in [0.717, 1.165) is 24.3 Å². The van der Waals surface area contributed by atoms with Crippen LogP contribution in [0.4, 0.5) is 26.3 Å². The molecule has 2 heterocycles. The van der Waals surface area contributed by atoms with Gasteiger partial charge in [0.2, 0.25) is 11.5 Å². The molecule has 194 valence electrons. The number of amides is 2. The Balaban J connectivity index is 1.81. The summed E-state index contributed by atoms with van der Waals surface area (Å²) in [4.78, 5) is 27.6. The second kappa shape index (κ2) is 10.4. The van der Waals surface area contributed by atoms with Gasteiger partial charge >= 0.3 is 12.4 Å². The number of hydrogen-bond donors (Lipinski definition) is 2. The third kappa shape index (κ3) is 6.41. The number of pyridine rings is 1. The molecule has 0 aliphatic carbocycles. The van der Waals surface area contributed by atoms with E-state index in [2.05, 4.69) is 10.3 Å². The van der Waals surface area contributed by atoms with E-state index in [1.54, 1.807) is 5.32 Å². The first-order valence-electron chi connectivity index (χ1n) is 9.79. The number of carbonyl (C=O) groups excluding carboxylic acids is 2. The minimum Gasteiger partial charge on any atom is -0.352 e. The van der Waals surface area contributed by atoms with Crippen molar-refractivity contribution in [3.8, 4) is 0 Å². The van der Waals surface area contributed by atoms with Crippen molar-refractivity contribution >= 4 is 52.2 Å². The van der Waals surface area contributed by atoms with Crippen LogP contribution in [0.1, 0.15) is 21.6 Å². The van der Waals surface area contributed by atoms with Gasteiger partial charge in [0.1, 0.15) is 11.7 Å². The Labute approximate surface area is 214 Å². The van der Waals surface area contributed by atoms with E-state index in [1.165, 1.54) is 12.1 Å². The lowest BCUT2D eigenvalue weighted by molar-refractivity contribution is -0.254. The summed E-state index contributed by atoms with van der Waals surface area (Å²) in [6.07, 6.45) is -8.72. The molecule has 6 nitrogen and oxygen atoms in total. The molecule has 1 aliphatic heterocycles. The summed E-state index contributed by atoms with van der Waals surface area (Å²) < 4.78 is 83.9. The molecular formula is C21H14Cl3F6N3O3. The van der Waals surface area contributed by atoms with E-state index in [1.807, 2.05) is 0 Å². The summed E-state index contributed by atoms with van der Waals surface area (Å²) in [5.41, 5.74) is -3.51. The molecule has 3 rings (SSSR count). The molecule has 2 amide bonds. The molecule has 0 bridgehead atoms. The first-order chi connectivity index (χ1) is 16.6. The van der Waals surface area contributed by atoms with Gasteiger partial charge in [-0.05, 0) is 42.0 Å². The van der Waals surface area contributed by atoms with Gasteiger partial charge in [-0.25, -0.2) is 4.98 Å². The van der Waals surface area contributed by atoms with Crippen molar-refractivity contribution in [3.05, 3.63) is 68.4 Å². The minimum absolute atomic E-state index is 0.00353. The van der Waals surface area contributed by atoms with Gasteiger partial charge in [-0.3, -0.25) is 9.59 Å². The van der Waals surface area contributed by atoms with E-state index in [0.29, 0.717) is 0 Å². The maximum absolute atomic E-state index is 14.1. The van der Waals surface area contributed by atoms with Gasteiger partial charge in [-0.1, -0.05) is 34.8 Å². The number of halogens is 9. The maximum Gasteiger partial charge on any atom is 0.425 e. The number of benzene rings is 1. The zero-order chi connectivity index (χ0) is 26.9. The second-order valence-corrected chi connectivity index (χ2v) is 8.69. The third-order valence-corrected chi connectivity index (χ3v) is 5.59. The average molecular weight is 577 g/mol. The lowest BCUT2D eigenvalue weighted by Gasteiger charge is -2.30. The standard InChI is InChI=1S/C21H14Cl3F6N3O3/c22-12-3-11(4-13(23)5-12)19(21(28,29)30)6-10(8-36-19)15-2-1-14(17(24)33-15)18(35)31-7-16(34)32-9-20(25,26)27/h1-6H,7-9H2,(H,31,35)(H,32,34). The van der Waals surface area contributed by atoms with Gasteiger partial charge in [0.15, 0.2) is 0 Å². The molecule has 0 saturated carbocycles. The topological polar surface area (TPSA) is 80.3 Å². The second-order valence-electron chi connectivity index (χ2n) is 7.46. The fraction of sp³-hybridized carbons (Fsp3) is 0.286. The minimum atomic E-state index is -4.90. The van der Waals surface area contributed by atoms with Crippen LogP contribution in [0.25, 0.3) is 5.57 Å². The molecular weight excluding hydrogens is 563 g/mol. The summed E-state index contributed by atoms with van der Waals surface area (Å²) in [5.74, 6) is -2.03. The van der Waals surface area contributed by atoms with Crippen LogP contribution in [0, 0.1) is 0 Å². The maximum atomic E-state index is 14.1. The fourth-order valence-electron chi connectivity index (χ4n) is 3.23. The van der Waals surface area contributed by atoms with Crippen molar-refractivity contribution < 1.29 is 40.7 Å². The van der Waals surface area contributed by atoms with Crippen molar-refractivity contribution in [3.63, 3.8) is 0 Å². The lowest BCUT2D eigenvalue weighted by Crippen LogP contribution is -2.41. The Hall–Kier alpha value is -2.54. The summed E-state index contributed by atoms with van der Waals surface area (Å²) in [7, 11) is 0. The van der Waals surface area contributed by atoms with Crippen molar-refractivity contribution in [2.24, 2.45) is 0 Å². The smallest absolute Gasteiger partial charge is 0.352 e. The van der Waals surface area contributed by atoms with Crippen molar-refractivity contribution in [2.45, 2.75) is 18.0 Å². The highest BCUT2D eigenvalue weighted by Gasteiger charge is 2.58. The first-order valence-corrected chi connectivity index (χ1v) is 10.9. The zero-order valence-electron chi connectivity index (χ0n) is 17.7. The Morgan fingerprint density at radius 3 is 2.19 bits per heavy atom. The van der Waals surface area contributed by atoms with E-state index in [-0.39, 0.29) is 32.4 Å². The number of aromatic nitrogens is 1. The lowest BCUT2D eigenvalue weighted by atomic mass is 9.91. The van der Waals surface area contributed by atoms with Crippen LogP contribution >= 0.6 is 34.8 Å². The molecule has 2 aromatic rings. The average Bonchev–Trinajstić information content (AvgIpc) is 3.22. The van der Waals surface area contributed by atoms with Crippen LogP contribution in [0.5, 0.6) is 0 Å².